The Morgan fingerprint density at radius 1 is 1.33 bits per heavy atom. The molecule has 1 unspecified atom stereocenters. The van der Waals surface area contributed by atoms with Crippen molar-refractivity contribution in [1.29, 1.82) is 0 Å². The molecule has 3 rings (SSSR count). The van der Waals surface area contributed by atoms with E-state index in [1.807, 2.05) is 17.5 Å². The van der Waals surface area contributed by atoms with Crippen molar-refractivity contribution in [1.82, 2.24) is 24.0 Å². The Morgan fingerprint density at radius 2 is 2.08 bits per heavy atom. The van der Waals surface area contributed by atoms with E-state index in [1.54, 1.807) is 25.3 Å². The van der Waals surface area contributed by atoms with Crippen molar-refractivity contribution in [2.75, 3.05) is 0 Å². The average molecular weight is 347 g/mol. The number of nitrogens with zero attached hydrogens (tertiary/aromatic N) is 4. The predicted octanol–water partition coefficient (Wildman–Crippen LogP) is 0.373. The highest BCUT2D eigenvalue weighted by Crippen LogP contribution is 2.14. The van der Waals surface area contributed by atoms with Gasteiger partial charge in [-0.1, -0.05) is 6.07 Å². The smallest absolute Gasteiger partial charge is 0.332 e. The van der Waals surface area contributed by atoms with E-state index >= 15 is 0 Å². The summed E-state index contributed by atoms with van der Waals surface area (Å²) in [7, 11) is 2.95. The van der Waals surface area contributed by atoms with Gasteiger partial charge in [0.05, 0.1) is 12.9 Å². The number of aryl methyl sites for hydroxylation is 1. The highest BCUT2D eigenvalue weighted by Gasteiger charge is 2.21. The maximum Gasteiger partial charge on any atom is 0.332 e. The molecule has 3 aromatic rings. The van der Waals surface area contributed by atoms with E-state index in [9.17, 15) is 14.4 Å². The molecule has 126 valence electrons. The summed E-state index contributed by atoms with van der Waals surface area (Å²) in [4.78, 5) is 41.9. The molecule has 0 radical (unpaired) electrons. The summed E-state index contributed by atoms with van der Waals surface area (Å²) in [6, 6.07) is 3.23. The summed E-state index contributed by atoms with van der Waals surface area (Å²) in [6.07, 6.45) is 1.42. The van der Waals surface area contributed by atoms with E-state index in [0.717, 1.165) is 9.44 Å². The lowest BCUT2D eigenvalue weighted by Crippen LogP contribution is -2.38. The molecule has 0 aromatic carbocycles. The van der Waals surface area contributed by atoms with E-state index < -0.39 is 17.3 Å². The second-order valence-corrected chi connectivity index (χ2v) is 6.54. The number of imidazole rings is 1. The third kappa shape index (κ3) is 2.56. The Labute approximate surface area is 141 Å². The number of rotatable bonds is 4. The fraction of sp³-hybridized carbons (Fsp3) is 0.333. The Balaban J connectivity index is 1.95. The number of carbonyl (C=O) groups is 1. The minimum absolute atomic E-state index is 0.224. The van der Waals surface area contributed by atoms with Gasteiger partial charge < -0.3 is 9.88 Å². The third-order valence-electron chi connectivity index (χ3n) is 3.99. The van der Waals surface area contributed by atoms with Gasteiger partial charge in [-0.05, 0) is 18.4 Å². The maximum absolute atomic E-state index is 12.4. The van der Waals surface area contributed by atoms with Gasteiger partial charge >= 0.3 is 5.69 Å². The van der Waals surface area contributed by atoms with Crippen LogP contribution in [0.1, 0.15) is 17.8 Å². The normalized spacial score (nSPS) is 12.5. The lowest BCUT2D eigenvalue weighted by Gasteiger charge is -2.14. The van der Waals surface area contributed by atoms with E-state index in [1.165, 1.54) is 22.5 Å². The van der Waals surface area contributed by atoms with Gasteiger partial charge in [-0.25, -0.2) is 9.78 Å². The topological polar surface area (TPSA) is 90.9 Å². The van der Waals surface area contributed by atoms with Crippen LogP contribution in [-0.2, 0) is 25.4 Å². The fourth-order valence-corrected chi connectivity index (χ4v) is 3.16. The van der Waals surface area contributed by atoms with Crippen molar-refractivity contribution in [2.45, 2.75) is 19.5 Å². The van der Waals surface area contributed by atoms with Crippen LogP contribution >= 0.6 is 11.3 Å². The van der Waals surface area contributed by atoms with Crippen LogP contribution < -0.4 is 16.6 Å². The SMILES string of the molecule is CC(C(=O)NCc1cccs1)n1cnc2c1c(=O)n(C)c(=O)n2C. The molecule has 9 heteroatoms. The van der Waals surface area contributed by atoms with E-state index in [2.05, 4.69) is 10.3 Å². The summed E-state index contributed by atoms with van der Waals surface area (Å²) < 4.78 is 3.81. The minimum atomic E-state index is -0.625. The number of thiophene rings is 1. The van der Waals surface area contributed by atoms with Gasteiger partial charge in [0.25, 0.3) is 5.56 Å². The molecule has 3 heterocycles. The largest absolute Gasteiger partial charge is 0.349 e. The summed E-state index contributed by atoms with van der Waals surface area (Å²) in [5, 5.41) is 4.79. The molecule has 0 fully saturated rings. The molecule has 3 aromatic heterocycles. The van der Waals surface area contributed by atoms with Gasteiger partial charge in [-0.2, -0.15) is 0 Å². The number of hydrogen-bond acceptors (Lipinski definition) is 5. The molecule has 0 aliphatic heterocycles. The fourth-order valence-electron chi connectivity index (χ4n) is 2.52. The van der Waals surface area contributed by atoms with Gasteiger partial charge in [0.2, 0.25) is 5.91 Å². The second kappa shape index (κ2) is 6.08. The molecular weight excluding hydrogens is 330 g/mol. The highest BCUT2D eigenvalue weighted by molar-refractivity contribution is 7.09. The number of nitrogens with one attached hydrogen (secondary N) is 1. The van der Waals surface area contributed by atoms with Gasteiger partial charge in [0, 0.05) is 19.0 Å². The molecular formula is C15H17N5O3S. The molecule has 0 saturated heterocycles. The first kappa shape index (κ1) is 16.2. The molecule has 1 atom stereocenters. The lowest BCUT2D eigenvalue weighted by atomic mass is 10.3. The monoisotopic (exact) mass is 347 g/mol. The van der Waals surface area contributed by atoms with Crippen LogP contribution in [0.3, 0.4) is 0 Å². The Morgan fingerprint density at radius 3 is 2.75 bits per heavy atom. The molecule has 0 bridgehead atoms. The van der Waals surface area contributed by atoms with Crippen molar-refractivity contribution in [3.8, 4) is 0 Å². The Kier molecular flexibility index (Phi) is 4.10. The number of fused-ring (bicyclic) bond motifs is 1. The van der Waals surface area contributed by atoms with Crippen molar-refractivity contribution < 1.29 is 4.79 Å². The minimum Gasteiger partial charge on any atom is -0.349 e. The van der Waals surface area contributed by atoms with Crippen LogP contribution in [0.25, 0.3) is 11.2 Å². The number of aromatic nitrogens is 4. The van der Waals surface area contributed by atoms with Gasteiger partial charge in [0.1, 0.15) is 6.04 Å². The van der Waals surface area contributed by atoms with Crippen molar-refractivity contribution >= 4 is 28.4 Å². The third-order valence-corrected chi connectivity index (χ3v) is 4.86. The zero-order chi connectivity index (χ0) is 17.4. The number of carbonyl (C=O) groups excluding carboxylic acids is 1. The van der Waals surface area contributed by atoms with Crippen LogP contribution in [0.4, 0.5) is 0 Å². The molecule has 1 amide bonds. The molecule has 1 N–H and O–H groups in total. The highest BCUT2D eigenvalue weighted by atomic mass is 32.1. The summed E-state index contributed by atoms with van der Waals surface area (Å²) in [6.45, 7) is 2.12. The summed E-state index contributed by atoms with van der Waals surface area (Å²) in [5.74, 6) is -0.224. The maximum atomic E-state index is 12.4. The molecule has 0 saturated carbocycles. The average Bonchev–Trinajstić information content (AvgIpc) is 3.24. The van der Waals surface area contributed by atoms with Crippen molar-refractivity contribution in [3.05, 3.63) is 49.6 Å². The molecule has 0 aliphatic rings. The van der Waals surface area contributed by atoms with Crippen molar-refractivity contribution in [3.63, 3.8) is 0 Å². The summed E-state index contributed by atoms with van der Waals surface area (Å²) >= 11 is 1.56. The molecule has 8 nitrogen and oxygen atoms in total. The summed E-state index contributed by atoms with van der Waals surface area (Å²) in [5.41, 5.74) is -0.421. The zero-order valence-corrected chi connectivity index (χ0v) is 14.3. The second-order valence-electron chi connectivity index (χ2n) is 5.50. The number of hydrogen-bond donors (Lipinski definition) is 1. The van der Waals surface area contributed by atoms with Gasteiger partial charge in [0.15, 0.2) is 11.2 Å². The van der Waals surface area contributed by atoms with Crippen molar-refractivity contribution in [2.24, 2.45) is 14.1 Å². The zero-order valence-electron chi connectivity index (χ0n) is 13.5. The Hall–Kier alpha value is -2.68. The van der Waals surface area contributed by atoms with Crippen LogP contribution in [0.2, 0.25) is 0 Å². The van der Waals surface area contributed by atoms with E-state index in [0.29, 0.717) is 6.54 Å². The van der Waals surface area contributed by atoms with E-state index in [-0.39, 0.29) is 17.1 Å². The first-order valence-corrected chi connectivity index (χ1v) is 8.22. The standard InChI is InChI=1S/C15H17N5O3S/c1-9(13(21)16-7-10-5-4-6-24-10)20-8-17-12-11(20)14(22)19(3)15(23)18(12)2/h4-6,8-9H,7H2,1-3H3,(H,16,21). The van der Waals surface area contributed by atoms with Crippen LogP contribution in [-0.4, -0.2) is 24.6 Å². The molecule has 0 spiro atoms. The van der Waals surface area contributed by atoms with Crippen LogP contribution in [0.15, 0.2) is 33.4 Å². The first-order valence-electron chi connectivity index (χ1n) is 7.34. The Bertz CT molecular complexity index is 1010. The van der Waals surface area contributed by atoms with Gasteiger partial charge in [-0.3, -0.25) is 18.7 Å². The lowest BCUT2D eigenvalue weighted by molar-refractivity contribution is -0.123. The first-order chi connectivity index (χ1) is 11.4. The number of amides is 1. The van der Waals surface area contributed by atoms with Crippen LogP contribution in [0, 0.1) is 0 Å². The van der Waals surface area contributed by atoms with E-state index in [4.69, 9.17) is 0 Å². The molecule has 24 heavy (non-hydrogen) atoms. The van der Waals surface area contributed by atoms with Crippen LogP contribution in [0.5, 0.6) is 0 Å². The molecule has 0 aliphatic carbocycles. The predicted molar refractivity (Wildman–Crippen MR) is 91.1 cm³/mol. The quantitative estimate of drug-likeness (QED) is 0.738. The van der Waals surface area contributed by atoms with Gasteiger partial charge in [-0.15, -0.1) is 11.3 Å².